The first-order valence-corrected chi connectivity index (χ1v) is 6.78. The van der Waals surface area contributed by atoms with Crippen LogP contribution in [0.25, 0.3) is 0 Å². The van der Waals surface area contributed by atoms with Crippen LogP contribution in [-0.2, 0) is 0 Å². The molecule has 0 radical (unpaired) electrons. The lowest BCUT2D eigenvalue weighted by Crippen LogP contribution is -2.40. The number of rotatable bonds is 3. The molecule has 4 heteroatoms. The molecule has 1 aliphatic rings. The van der Waals surface area contributed by atoms with Gasteiger partial charge >= 0.3 is 0 Å². The summed E-state index contributed by atoms with van der Waals surface area (Å²) in [6.07, 6.45) is 2.66. The van der Waals surface area contributed by atoms with E-state index < -0.39 is 5.82 Å². The van der Waals surface area contributed by atoms with Gasteiger partial charge in [-0.25, -0.2) is 4.39 Å². The average molecular weight is 265 g/mol. The summed E-state index contributed by atoms with van der Waals surface area (Å²) in [5, 5.41) is 8.98. The minimum atomic E-state index is -0.458. The molecule has 1 aromatic rings. The maximum Gasteiger partial charge on any atom is 0.256 e. The van der Waals surface area contributed by atoms with Crippen LogP contribution in [0.15, 0.2) is 18.2 Å². The number of aliphatic hydroxyl groups excluding tert-OH is 1. The van der Waals surface area contributed by atoms with Gasteiger partial charge in [-0.3, -0.25) is 4.79 Å². The lowest BCUT2D eigenvalue weighted by atomic mass is 9.94. The molecule has 0 bridgehead atoms. The molecular weight excluding hydrogens is 245 g/mol. The number of aryl methyl sites for hydroxylation is 1. The van der Waals surface area contributed by atoms with Crippen LogP contribution in [0.4, 0.5) is 4.39 Å². The number of halogens is 1. The Hall–Kier alpha value is -1.42. The minimum absolute atomic E-state index is 0.144. The zero-order chi connectivity index (χ0) is 13.8. The summed E-state index contributed by atoms with van der Waals surface area (Å²) in [5.41, 5.74) is 1.04. The van der Waals surface area contributed by atoms with Crippen LogP contribution in [0.5, 0.6) is 0 Å². The number of amides is 1. The van der Waals surface area contributed by atoms with E-state index in [9.17, 15) is 9.18 Å². The highest BCUT2D eigenvalue weighted by Crippen LogP contribution is 2.22. The van der Waals surface area contributed by atoms with Gasteiger partial charge in [0.1, 0.15) is 5.82 Å². The van der Waals surface area contributed by atoms with Gasteiger partial charge in [-0.05, 0) is 44.2 Å². The molecule has 1 aromatic carbocycles. The summed E-state index contributed by atoms with van der Waals surface area (Å²) in [5.74, 6) is -0.362. The highest BCUT2D eigenvalue weighted by atomic mass is 19.1. The molecule has 1 saturated heterocycles. The van der Waals surface area contributed by atoms with Gasteiger partial charge in [-0.15, -0.1) is 0 Å². The number of carbonyl (C=O) groups is 1. The zero-order valence-corrected chi connectivity index (χ0v) is 11.2. The fraction of sp³-hybridized carbons (Fsp3) is 0.533. The topological polar surface area (TPSA) is 40.5 Å². The van der Waals surface area contributed by atoms with Gasteiger partial charge < -0.3 is 10.0 Å². The highest BCUT2D eigenvalue weighted by Gasteiger charge is 2.25. The van der Waals surface area contributed by atoms with E-state index in [1.54, 1.807) is 17.0 Å². The number of hydrogen-bond acceptors (Lipinski definition) is 2. The van der Waals surface area contributed by atoms with Crippen molar-refractivity contribution in [1.29, 1.82) is 0 Å². The molecule has 0 aliphatic carbocycles. The molecule has 1 aliphatic heterocycles. The Morgan fingerprint density at radius 3 is 3.05 bits per heavy atom. The molecule has 1 atom stereocenters. The van der Waals surface area contributed by atoms with Gasteiger partial charge in [0.15, 0.2) is 0 Å². The van der Waals surface area contributed by atoms with E-state index in [4.69, 9.17) is 5.11 Å². The van der Waals surface area contributed by atoms with Gasteiger partial charge in [-0.2, -0.15) is 0 Å². The van der Waals surface area contributed by atoms with Gasteiger partial charge in [0, 0.05) is 19.7 Å². The summed E-state index contributed by atoms with van der Waals surface area (Å²) < 4.78 is 13.7. The number of benzene rings is 1. The summed E-state index contributed by atoms with van der Waals surface area (Å²) in [4.78, 5) is 14.1. The quantitative estimate of drug-likeness (QED) is 0.911. The number of hydrogen-bond donors (Lipinski definition) is 1. The van der Waals surface area contributed by atoms with Crippen molar-refractivity contribution in [3.8, 4) is 0 Å². The van der Waals surface area contributed by atoms with E-state index in [-0.39, 0.29) is 18.1 Å². The molecule has 104 valence electrons. The molecule has 3 nitrogen and oxygen atoms in total. The molecule has 1 unspecified atom stereocenters. The van der Waals surface area contributed by atoms with E-state index in [2.05, 4.69) is 0 Å². The third-order valence-electron chi connectivity index (χ3n) is 3.70. The smallest absolute Gasteiger partial charge is 0.256 e. The first kappa shape index (κ1) is 14.0. The average Bonchev–Trinajstić information content (AvgIpc) is 2.41. The van der Waals surface area contributed by atoms with Crippen molar-refractivity contribution in [2.75, 3.05) is 19.7 Å². The van der Waals surface area contributed by atoms with Crippen molar-refractivity contribution >= 4 is 5.91 Å². The lowest BCUT2D eigenvalue weighted by molar-refractivity contribution is 0.0649. The lowest BCUT2D eigenvalue weighted by Gasteiger charge is -2.32. The number of piperidine rings is 1. The van der Waals surface area contributed by atoms with Crippen LogP contribution < -0.4 is 0 Å². The van der Waals surface area contributed by atoms with Crippen LogP contribution in [0, 0.1) is 18.7 Å². The fourth-order valence-electron chi connectivity index (χ4n) is 2.64. The number of likely N-dealkylation sites (tertiary alicyclic amines) is 1. The summed E-state index contributed by atoms with van der Waals surface area (Å²) >= 11 is 0. The Bertz CT molecular complexity index is 459. The van der Waals surface area contributed by atoms with E-state index in [1.807, 2.05) is 6.92 Å². The zero-order valence-electron chi connectivity index (χ0n) is 11.2. The molecule has 1 N–H and O–H groups in total. The van der Waals surface area contributed by atoms with E-state index in [0.717, 1.165) is 18.4 Å². The molecule has 0 spiro atoms. The predicted molar refractivity (Wildman–Crippen MR) is 71.5 cm³/mol. The van der Waals surface area contributed by atoms with Crippen LogP contribution in [0.2, 0.25) is 0 Å². The first-order valence-electron chi connectivity index (χ1n) is 6.78. The number of carbonyl (C=O) groups excluding carboxylic acids is 1. The van der Waals surface area contributed by atoms with Crippen molar-refractivity contribution in [2.24, 2.45) is 5.92 Å². The second-order valence-corrected chi connectivity index (χ2v) is 5.26. The van der Waals surface area contributed by atoms with Crippen molar-refractivity contribution < 1.29 is 14.3 Å². The molecule has 1 fully saturated rings. The first-order chi connectivity index (χ1) is 9.11. The molecule has 0 aromatic heterocycles. The Morgan fingerprint density at radius 2 is 2.32 bits per heavy atom. The van der Waals surface area contributed by atoms with E-state index in [1.165, 1.54) is 6.07 Å². The van der Waals surface area contributed by atoms with Crippen LogP contribution in [-0.4, -0.2) is 35.6 Å². The van der Waals surface area contributed by atoms with Crippen LogP contribution in [0.3, 0.4) is 0 Å². The van der Waals surface area contributed by atoms with E-state index in [0.29, 0.717) is 25.4 Å². The van der Waals surface area contributed by atoms with Gasteiger partial charge in [-0.1, -0.05) is 11.6 Å². The molecule has 1 amide bonds. The Labute approximate surface area is 113 Å². The van der Waals surface area contributed by atoms with Crippen molar-refractivity contribution in [1.82, 2.24) is 4.90 Å². The summed E-state index contributed by atoms with van der Waals surface area (Å²) in [6, 6.07) is 4.61. The molecule has 19 heavy (non-hydrogen) atoms. The number of nitrogens with zero attached hydrogens (tertiary/aromatic N) is 1. The molecule has 2 rings (SSSR count). The second-order valence-electron chi connectivity index (χ2n) is 5.26. The van der Waals surface area contributed by atoms with E-state index >= 15 is 0 Å². The maximum absolute atomic E-state index is 13.7. The second kappa shape index (κ2) is 6.15. The van der Waals surface area contributed by atoms with Crippen molar-refractivity contribution in [2.45, 2.75) is 26.2 Å². The fourth-order valence-corrected chi connectivity index (χ4v) is 2.64. The third kappa shape index (κ3) is 3.32. The standard InChI is InChI=1S/C15H20FNO2/c1-11-4-5-14(16)13(9-11)15(19)17-7-2-3-12(10-17)6-8-18/h4-5,9,12,18H,2-3,6-8,10H2,1H3. The largest absolute Gasteiger partial charge is 0.396 e. The Morgan fingerprint density at radius 1 is 1.53 bits per heavy atom. The molecule has 0 saturated carbocycles. The van der Waals surface area contributed by atoms with Crippen molar-refractivity contribution in [3.05, 3.63) is 35.1 Å². The maximum atomic E-state index is 13.7. The van der Waals surface area contributed by atoms with Crippen LogP contribution in [0.1, 0.15) is 35.2 Å². The number of aliphatic hydroxyl groups is 1. The van der Waals surface area contributed by atoms with Gasteiger partial charge in [0.2, 0.25) is 0 Å². The summed E-state index contributed by atoms with van der Waals surface area (Å²) in [6.45, 7) is 3.29. The van der Waals surface area contributed by atoms with Crippen LogP contribution >= 0.6 is 0 Å². The Balaban J connectivity index is 2.12. The SMILES string of the molecule is Cc1ccc(F)c(C(=O)N2CCCC(CCO)C2)c1. The normalized spacial score (nSPS) is 19.5. The van der Waals surface area contributed by atoms with Gasteiger partial charge in [0.25, 0.3) is 5.91 Å². The highest BCUT2D eigenvalue weighted by molar-refractivity contribution is 5.94. The van der Waals surface area contributed by atoms with Gasteiger partial charge in [0.05, 0.1) is 5.56 Å². The summed E-state index contributed by atoms with van der Waals surface area (Å²) in [7, 11) is 0. The third-order valence-corrected chi connectivity index (χ3v) is 3.70. The molecular formula is C15H20FNO2. The molecule has 1 heterocycles. The Kier molecular flexibility index (Phi) is 4.53. The minimum Gasteiger partial charge on any atom is -0.396 e. The monoisotopic (exact) mass is 265 g/mol. The predicted octanol–water partition coefficient (Wildman–Crippen LogP) is 2.37. The van der Waals surface area contributed by atoms with Crippen molar-refractivity contribution in [3.63, 3.8) is 0 Å².